The number of rotatable bonds is 13. The van der Waals surface area contributed by atoms with Gasteiger partial charge in [-0.1, -0.05) is 231 Å². The summed E-state index contributed by atoms with van der Waals surface area (Å²) >= 11 is 0. The standard InChI is InChI=1S/C108H62F6N12/c109-107(110,111)83-31-16-29-75(52-83)88-44-40-85(59-95(88)105-121-101(67-19-5-1-6-20-67)119-102(122-105)68-21-7-2-8-22-68)125-97-46-38-77(87-33-14-13-27-79(87)63-117)55-93(97)94-56-78(39-47-98(94)125)92-54-72(34-35-80(92)64-118)81-49-66(62-116)50-82(51-81)74-37-43-91-90-42-36-73(71-28-15-18-65(48-71)61-115)57-99(90)126(100(91)58-74)86-41-45-89(76-30-17-32-84(53-76)108(112,113)114)96(60-86)106-123-103(69-23-9-3-10-24-69)120-104(124-106)70-25-11-4-12-26-70/h1-29,31-60H,30H2,(H,120,123,124). The molecule has 20 rings (SSSR count). The molecule has 0 bridgehead atoms. The smallest absolute Gasteiger partial charge is 0.324 e. The maximum absolute atomic E-state index is 14.8. The molecular weight excluding hydrogens is 1580 g/mol. The maximum atomic E-state index is 14.8. The quantitative estimate of drug-likeness (QED) is 0.111. The molecule has 0 saturated carbocycles. The number of amidine groups is 2. The first-order valence-corrected chi connectivity index (χ1v) is 40.3. The minimum absolute atomic E-state index is 0.191. The summed E-state index contributed by atoms with van der Waals surface area (Å²) < 4.78 is 92.9. The monoisotopic (exact) mass is 1640 g/mol. The molecule has 0 atom stereocenters. The second-order valence-electron chi connectivity index (χ2n) is 30.6. The van der Waals surface area contributed by atoms with Crippen molar-refractivity contribution in [2.45, 2.75) is 18.8 Å². The summed E-state index contributed by atoms with van der Waals surface area (Å²) in [6.45, 7) is 0. The van der Waals surface area contributed by atoms with Gasteiger partial charge in [-0.2, -0.15) is 47.4 Å². The Morgan fingerprint density at radius 3 is 1.46 bits per heavy atom. The van der Waals surface area contributed by atoms with Crippen LogP contribution >= 0.6 is 0 Å². The third-order valence-electron chi connectivity index (χ3n) is 23.0. The van der Waals surface area contributed by atoms with Crippen LogP contribution in [0.4, 0.5) is 26.3 Å². The van der Waals surface area contributed by atoms with Crippen LogP contribution in [0.15, 0.2) is 374 Å². The van der Waals surface area contributed by atoms with Crippen LogP contribution in [0.2, 0.25) is 0 Å². The minimum atomic E-state index is -4.66. The van der Waals surface area contributed by atoms with Crippen molar-refractivity contribution in [3.05, 3.63) is 413 Å². The lowest BCUT2D eigenvalue weighted by Gasteiger charge is -2.19. The largest absolute Gasteiger partial charge is 0.416 e. The maximum Gasteiger partial charge on any atom is 0.416 e. The molecule has 0 unspecified atom stereocenters. The Kier molecular flexibility index (Phi) is 19.5. The zero-order valence-corrected chi connectivity index (χ0v) is 66.5. The number of benzene rings is 15. The lowest BCUT2D eigenvalue weighted by atomic mass is 9.91. The number of allylic oxidation sites excluding steroid dienone is 4. The van der Waals surface area contributed by atoms with Crippen molar-refractivity contribution in [3.8, 4) is 137 Å². The molecule has 0 radical (unpaired) electrons. The summed E-state index contributed by atoms with van der Waals surface area (Å²) in [7, 11) is 0. The molecule has 12 nitrogen and oxygen atoms in total. The predicted octanol–water partition coefficient (Wildman–Crippen LogP) is 24.7. The Hall–Kier alpha value is -17.2. The van der Waals surface area contributed by atoms with Gasteiger partial charge in [-0.3, -0.25) is 0 Å². The van der Waals surface area contributed by atoms with Crippen LogP contribution in [-0.2, 0) is 6.18 Å². The highest BCUT2D eigenvalue weighted by atomic mass is 19.4. The molecule has 0 saturated heterocycles. The predicted molar refractivity (Wildman–Crippen MR) is 484 cm³/mol. The van der Waals surface area contributed by atoms with E-state index in [0.717, 1.165) is 89.6 Å². The van der Waals surface area contributed by atoms with E-state index in [-0.39, 0.29) is 17.8 Å². The van der Waals surface area contributed by atoms with E-state index < -0.39 is 23.5 Å². The Labute approximate surface area is 717 Å². The first-order chi connectivity index (χ1) is 61.5. The van der Waals surface area contributed by atoms with E-state index in [2.05, 4.69) is 50.9 Å². The van der Waals surface area contributed by atoms with Crippen LogP contribution in [0.1, 0.15) is 45.4 Å². The summed E-state index contributed by atoms with van der Waals surface area (Å²) in [5.41, 5.74) is 15.7. The molecule has 596 valence electrons. The number of nitrogens with one attached hydrogen (secondary N) is 1. The number of aliphatic imine (C=N–C) groups is 2. The molecule has 2 aliphatic rings. The van der Waals surface area contributed by atoms with Gasteiger partial charge in [-0.25, -0.2) is 24.9 Å². The van der Waals surface area contributed by atoms with Gasteiger partial charge in [0.1, 0.15) is 11.7 Å². The second kappa shape index (κ2) is 31.8. The van der Waals surface area contributed by atoms with Gasteiger partial charge < -0.3 is 14.5 Å². The fourth-order valence-corrected chi connectivity index (χ4v) is 17.0. The zero-order chi connectivity index (χ0) is 85.9. The highest BCUT2D eigenvalue weighted by Crippen LogP contribution is 2.45. The van der Waals surface area contributed by atoms with E-state index in [1.807, 2.05) is 279 Å². The van der Waals surface area contributed by atoms with Crippen LogP contribution in [-0.4, -0.2) is 41.9 Å². The summed E-state index contributed by atoms with van der Waals surface area (Å²) in [6.07, 6.45) is -5.28. The number of alkyl halides is 6. The minimum Gasteiger partial charge on any atom is -0.324 e. The fraction of sp³-hybridized carbons (Fsp3) is 0.0278. The van der Waals surface area contributed by atoms with Gasteiger partial charge in [-0.05, 0) is 206 Å². The van der Waals surface area contributed by atoms with Crippen LogP contribution in [0, 0.1) is 45.3 Å². The molecule has 0 fully saturated rings. The zero-order valence-electron chi connectivity index (χ0n) is 66.5. The second-order valence-corrected chi connectivity index (χ2v) is 30.6. The van der Waals surface area contributed by atoms with E-state index in [4.69, 9.17) is 24.9 Å². The normalized spacial score (nSPS) is 13.6. The first-order valence-electron chi connectivity index (χ1n) is 40.3. The number of nitrogens with zero attached hydrogens (tertiary/aromatic N) is 11. The number of hydrogen-bond acceptors (Lipinski definition) is 10. The van der Waals surface area contributed by atoms with Crippen molar-refractivity contribution in [2.24, 2.45) is 9.98 Å². The Morgan fingerprint density at radius 1 is 0.317 bits per heavy atom. The Bertz CT molecular complexity index is 7970. The Morgan fingerprint density at radius 2 is 0.825 bits per heavy atom. The molecule has 4 heterocycles. The van der Waals surface area contributed by atoms with Gasteiger partial charge in [0, 0.05) is 71.5 Å². The molecule has 15 aromatic carbocycles. The van der Waals surface area contributed by atoms with E-state index in [1.54, 1.807) is 30.3 Å². The highest BCUT2D eigenvalue weighted by Gasteiger charge is 2.34. The van der Waals surface area contributed by atoms with Crippen molar-refractivity contribution < 1.29 is 26.3 Å². The molecule has 1 N–H and O–H groups in total. The van der Waals surface area contributed by atoms with Crippen molar-refractivity contribution in [2.75, 3.05) is 0 Å². The molecule has 1 aliphatic carbocycles. The third-order valence-corrected chi connectivity index (χ3v) is 23.0. The van der Waals surface area contributed by atoms with Crippen LogP contribution < -0.4 is 15.8 Å². The van der Waals surface area contributed by atoms with Gasteiger partial charge in [-0.15, -0.1) is 0 Å². The van der Waals surface area contributed by atoms with Crippen molar-refractivity contribution in [1.29, 1.82) is 21.0 Å². The molecule has 0 spiro atoms. The SMILES string of the molecule is N#Cc1cccc(-c2ccc3c4ccc(-c5cc(C#N)cc(-c6ccc(C#N)c(-c7ccc8c(c7)c7cc(-c9ccccc9C#N)ccc7n8-c7ccc(-c8cccc(C(F)(F)F)c8)c(-c8nc(-c9ccccc9)nc(-c9ccccc9)n8)c7)c6)c5)cc4n(-c4ccc(=C5C=C(C(F)(F)F)C=CC5)c(=C5N=C(c6ccccc6)N=C(c6ccccc6)N5)c4)c3c2)c1. The van der Waals surface area contributed by atoms with E-state index in [1.165, 1.54) is 18.2 Å². The van der Waals surface area contributed by atoms with Crippen molar-refractivity contribution in [3.63, 3.8) is 0 Å². The molecule has 18 heteroatoms. The van der Waals surface area contributed by atoms with Gasteiger partial charge in [0.25, 0.3) is 0 Å². The van der Waals surface area contributed by atoms with Gasteiger partial charge >= 0.3 is 12.4 Å². The summed E-state index contributed by atoms with van der Waals surface area (Å²) in [5.74, 6) is 2.11. The molecule has 126 heavy (non-hydrogen) atoms. The number of hydrogen-bond donors (Lipinski definition) is 1. The van der Waals surface area contributed by atoms with Gasteiger partial charge in [0.2, 0.25) is 0 Å². The number of fused-ring (bicyclic) bond motifs is 6. The van der Waals surface area contributed by atoms with Crippen LogP contribution in [0.5, 0.6) is 0 Å². The lowest BCUT2D eigenvalue weighted by molar-refractivity contribution is -0.137. The molecular formula is C108H62F6N12. The number of nitriles is 4. The van der Waals surface area contributed by atoms with Crippen LogP contribution in [0.25, 0.3) is 167 Å². The summed E-state index contributed by atoms with van der Waals surface area (Å²) in [4.78, 5) is 25.5. The average molecular weight is 1640 g/mol. The van der Waals surface area contributed by atoms with Crippen LogP contribution in [0.3, 0.4) is 0 Å². The van der Waals surface area contributed by atoms with Crippen molar-refractivity contribution in [1.82, 2.24) is 29.4 Å². The van der Waals surface area contributed by atoms with Gasteiger partial charge in [0.15, 0.2) is 23.3 Å². The highest BCUT2D eigenvalue weighted by molar-refractivity contribution is 6.17. The fourth-order valence-electron chi connectivity index (χ4n) is 17.0. The molecule has 18 aromatic rings. The summed E-state index contributed by atoms with van der Waals surface area (Å²) in [6, 6.07) is 114. The lowest BCUT2D eigenvalue weighted by Crippen LogP contribution is -2.38. The average Bonchev–Trinajstić information content (AvgIpc) is 1.58. The van der Waals surface area contributed by atoms with E-state index in [9.17, 15) is 47.4 Å². The van der Waals surface area contributed by atoms with E-state index in [0.29, 0.717) is 140 Å². The number of aromatic nitrogens is 5. The number of halogens is 6. The molecule has 1 aliphatic heterocycles. The topological polar surface area (TPSA) is 180 Å². The first kappa shape index (κ1) is 77.4. The summed E-state index contributed by atoms with van der Waals surface area (Å²) in [5, 5.41) is 50.7. The van der Waals surface area contributed by atoms with Crippen molar-refractivity contribution >= 4 is 66.7 Å². The third kappa shape index (κ3) is 14.5. The molecule has 0 amide bonds. The van der Waals surface area contributed by atoms with E-state index >= 15 is 0 Å². The van der Waals surface area contributed by atoms with Gasteiger partial charge in [0.05, 0.1) is 79.7 Å². The Balaban J connectivity index is 0.755. The molecule has 3 aromatic heterocycles.